The molecule has 0 amide bonds. The van der Waals surface area contributed by atoms with E-state index in [4.69, 9.17) is 4.74 Å². The summed E-state index contributed by atoms with van der Waals surface area (Å²) in [5.74, 6) is 1.02. The van der Waals surface area contributed by atoms with E-state index in [2.05, 4.69) is 17.1 Å². The summed E-state index contributed by atoms with van der Waals surface area (Å²) >= 11 is 0. The summed E-state index contributed by atoms with van der Waals surface area (Å²) in [7, 11) is 1.69. The lowest BCUT2D eigenvalue weighted by Gasteiger charge is -2.02. The highest BCUT2D eigenvalue weighted by molar-refractivity contribution is 4.83. The molecule has 0 saturated carbocycles. The van der Waals surface area contributed by atoms with Crippen LogP contribution in [0.2, 0.25) is 0 Å². The van der Waals surface area contributed by atoms with Crippen molar-refractivity contribution in [2.75, 3.05) is 13.7 Å². The highest BCUT2D eigenvalue weighted by Gasteiger charge is 1.99. The summed E-state index contributed by atoms with van der Waals surface area (Å²) in [5.41, 5.74) is 0. The Hall–Kier alpha value is -0.900. The summed E-state index contributed by atoms with van der Waals surface area (Å²) in [6.07, 6.45) is 2.65. The maximum Gasteiger partial charge on any atom is 0.132 e. The van der Waals surface area contributed by atoms with Crippen LogP contribution in [0.5, 0.6) is 0 Å². The lowest BCUT2D eigenvalue weighted by Crippen LogP contribution is -2.06. The minimum absolute atomic E-state index is 0.713. The summed E-state index contributed by atoms with van der Waals surface area (Å²) < 4.78 is 6.94. The van der Waals surface area contributed by atoms with Gasteiger partial charge >= 0.3 is 0 Å². The fourth-order valence-electron chi connectivity index (χ4n) is 0.929. The van der Waals surface area contributed by atoms with Crippen molar-refractivity contribution in [1.82, 2.24) is 14.8 Å². The van der Waals surface area contributed by atoms with Gasteiger partial charge in [-0.25, -0.2) is 0 Å². The number of aromatic nitrogens is 3. The van der Waals surface area contributed by atoms with Crippen LogP contribution in [0.1, 0.15) is 12.7 Å². The first-order valence-corrected chi connectivity index (χ1v) is 3.74. The van der Waals surface area contributed by atoms with Gasteiger partial charge in [-0.2, -0.15) is 0 Å². The number of nitrogens with zero attached hydrogens (tertiary/aromatic N) is 3. The Labute approximate surface area is 66.2 Å². The minimum Gasteiger partial charge on any atom is -0.383 e. The first-order chi connectivity index (χ1) is 5.38. The second-order valence-corrected chi connectivity index (χ2v) is 2.29. The summed E-state index contributed by atoms with van der Waals surface area (Å²) in [5, 5.41) is 7.75. The molecule has 62 valence electrons. The molecule has 4 nitrogen and oxygen atoms in total. The van der Waals surface area contributed by atoms with Crippen LogP contribution >= 0.6 is 0 Å². The first kappa shape index (κ1) is 8.20. The van der Waals surface area contributed by atoms with Gasteiger partial charge in [0.1, 0.15) is 12.2 Å². The fraction of sp³-hybridized carbons (Fsp3) is 0.714. The van der Waals surface area contributed by atoms with E-state index in [-0.39, 0.29) is 0 Å². The predicted octanol–water partition coefficient (Wildman–Crippen LogP) is 0.487. The van der Waals surface area contributed by atoms with E-state index >= 15 is 0 Å². The largest absolute Gasteiger partial charge is 0.383 e. The number of hydrogen-bond donors (Lipinski definition) is 0. The molecule has 0 N–H and O–H groups in total. The normalized spacial score (nSPS) is 10.4. The Morgan fingerprint density at radius 2 is 2.45 bits per heavy atom. The van der Waals surface area contributed by atoms with E-state index in [0.29, 0.717) is 6.61 Å². The lowest BCUT2D eigenvalue weighted by molar-refractivity contribution is 0.186. The number of rotatable bonds is 4. The average Bonchev–Trinajstić information content (AvgIpc) is 2.47. The topological polar surface area (TPSA) is 39.9 Å². The maximum atomic E-state index is 4.94. The fourth-order valence-corrected chi connectivity index (χ4v) is 0.929. The van der Waals surface area contributed by atoms with Gasteiger partial charge in [-0.3, -0.25) is 0 Å². The first-order valence-electron chi connectivity index (χ1n) is 3.74. The third kappa shape index (κ3) is 2.01. The van der Waals surface area contributed by atoms with Gasteiger partial charge in [0, 0.05) is 20.1 Å². The second kappa shape index (κ2) is 4.08. The van der Waals surface area contributed by atoms with Crippen molar-refractivity contribution in [2.24, 2.45) is 0 Å². The molecule has 0 aliphatic rings. The van der Waals surface area contributed by atoms with E-state index in [9.17, 15) is 0 Å². The van der Waals surface area contributed by atoms with Crippen LogP contribution in [0.15, 0.2) is 6.33 Å². The molecule has 1 heterocycles. The number of methoxy groups -OCH3 is 1. The maximum absolute atomic E-state index is 4.94. The summed E-state index contributed by atoms with van der Waals surface area (Å²) in [6, 6.07) is 0. The van der Waals surface area contributed by atoms with Gasteiger partial charge in [0.2, 0.25) is 0 Å². The van der Waals surface area contributed by atoms with Crippen molar-refractivity contribution in [2.45, 2.75) is 19.9 Å². The highest BCUT2D eigenvalue weighted by atomic mass is 16.5. The molecule has 0 bridgehead atoms. The molecular weight excluding hydrogens is 142 g/mol. The van der Waals surface area contributed by atoms with Crippen molar-refractivity contribution in [1.29, 1.82) is 0 Å². The van der Waals surface area contributed by atoms with Crippen LogP contribution < -0.4 is 0 Å². The molecule has 1 aromatic rings. The van der Waals surface area contributed by atoms with Crippen LogP contribution in [-0.4, -0.2) is 28.5 Å². The Morgan fingerprint density at radius 3 is 3.09 bits per heavy atom. The zero-order valence-corrected chi connectivity index (χ0v) is 6.95. The highest BCUT2D eigenvalue weighted by Crippen LogP contribution is 1.94. The molecule has 0 unspecified atom stereocenters. The molecule has 4 heteroatoms. The SMILES string of the molecule is CCc1nncn1CCOC. The zero-order valence-electron chi connectivity index (χ0n) is 6.95. The Bertz CT molecular complexity index is 209. The van der Waals surface area contributed by atoms with Gasteiger partial charge in [-0.05, 0) is 0 Å². The molecule has 0 aromatic carbocycles. The molecule has 0 aliphatic carbocycles. The molecular formula is C7H13N3O. The molecule has 0 saturated heterocycles. The number of hydrogen-bond acceptors (Lipinski definition) is 3. The van der Waals surface area contributed by atoms with E-state index in [1.54, 1.807) is 13.4 Å². The second-order valence-electron chi connectivity index (χ2n) is 2.29. The summed E-state index contributed by atoms with van der Waals surface area (Å²) in [6.45, 7) is 3.62. The van der Waals surface area contributed by atoms with Crippen LogP contribution in [-0.2, 0) is 17.7 Å². The molecule has 0 aliphatic heterocycles. The Morgan fingerprint density at radius 1 is 1.64 bits per heavy atom. The van der Waals surface area contributed by atoms with Crippen molar-refractivity contribution in [3.63, 3.8) is 0 Å². The quantitative estimate of drug-likeness (QED) is 0.635. The van der Waals surface area contributed by atoms with Gasteiger partial charge in [0.15, 0.2) is 0 Å². The van der Waals surface area contributed by atoms with E-state index in [0.717, 1.165) is 18.8 Å². The molecule has 0 fully saturated rings. The molecule has 0 atom stereocenters. The van der Waals surface area contributed by atoms with E-state index in [1.165, 1.54) is 0 Å². The van der Waals surface area contributed by atoms with Gasteiger partial charge in [0.25, 0.3) is 0 Å². The molecule has 0 radical (unpaired) electrons. The van der Waals surface area contributed by atoms with Crippen LogP contribution in [0.3, 0.4) is 0 Å². The molecule has 1 rings (SSSR count). The Balaban J connectivity index is 2.54. The van der Waals surface area contributed by atoms with Gasteiger partial charge in [-0.1, -0.05) is 6.92 Å². The van der Waals surface area contributed by atoms with E-state index < -0.39 is 0 Å². The van der Waals surface area contributed by atoms with Gasteiger partial charge in [0.05, 0.1) is 6.61 Å². The van der Waals surface area contributed by atoms with Crippen molar-refractivity contribution >= 4 is 0 Å². The molecule has 1 aromatic heterocycles. The van der Waals surface area contributed by atoms with Gasteiger partial charge < -0.3 is 9.30 Å². The third-order valence-corrected chi connectivity index (χ3v) is 1.55. The van der Waals surface area contributed by atoms with Crippen LogP contribution in [0.25, 0.3) is 0 Å². The van der Waals surface area contributed by atoms with E-state index in [1.807, 2.05) is 4.57 Å². The summed E-state index contributed by atoms with van der Waals surface area (Å²) in [4.78, 5) is 0. The average molecular weight is 155 g/mol. The predicted molar refractivity (Wildman–Crippen MR) is 41.3 cm³/mol. The van der Waals surface area contributed by atoms with Crippen LogP contribution in [0.4, 0.5) is 0 Å². The van der Waals surface area contributed by atoms with Crippen molar-refractivity contribution in [3.05, 3.63) is 12.2 Å². The lowest BCUT2D eigenvalue weighted by atomic mass is 10.4. The zero-order chi connectivity index (χ0) is 8.10. The number of aryl methyl sites for hydroxylation is 1. The van der Waals surface area contributed by atoms with Crippen molar-refractivity contribution < 1.29 is 4.74 Å². The van der Waals surface area contributed by atoms with Crippen molar-refractivity contribution in [3.8, 4) is 0 Å². The van der Waals surface area contributed by atoms with Gasteiger partial charge in [-0.15, -0.1) is 10.2 Å². The Kier molecular flexibility index (Phi) is 3.04. The van der Waals surface area contributed by atoms with Crippen LogP contribution in [0, 0.1) is 0 Å². The molecule has 0 spiro atoms. The number of ether oxygens (including phenoxy) is 1. The minimum atomic E-state index is 0.713. The molecule has 11 heavy (non-hydrogen) atoms. The standard InChI is InChI=1S/C7H13N3O/c1-3-7-9-8-6-10(7)4-5-11-2/h6H,3-5H2,1-2H3. The monoisotopic (exact) mass is 155 g/mol. The third-order valence-electron chi connectivity index (χ3n) is 1.55. The smallest absolute Gasteiger partial charge is 0.132 e.